The number of piperidine rings is 1. The maximum Gasteiger partial charge on any atom is 0.296 e. The van der Waals surface area contributed by atoms with Crippen LogP contribution in [0.5, 0.6) is 11.5 Å². The van der Waals surface area contributed by atoms with Gasteiger partial charge in [0.15, 0.2) is 11.5 Å². The second-order valence-electron chi connectivity index (χ2n) is 10.4. The Balaban J connectivity index is 1.35. The van der Waals surface area contributed by atoms with Crippen LogP contribution in [0.4, 0.5) is 0 Å². The number of nitrogens with zero attached hydrogens (tertiary/aromatic N) is 1. The number of aliphatic hydroxyl groups is 1. The predicted molar refractivity (Wildman–Crippen MR) is 139 cm³/mol. The standard InChI is InChI=1S/C28H39NO6S/c1-19(2)14-22-18-29-11-10-21-15-28(27(33-4)16-24(21)25(29)17-26(22)30)34-12-5-13-35-36(31,32)23-8-6-20(3)7-9-23/h6-9,15-16,19,22,25-26,30H,5,10-14,17-18H2,1-4H3. The highest BCUT2D eigenvalue weighted by atomic mass is 32.2. The molecule has 2 aromatic carbocycles. The molecule has 0 spiro atoms. The van der Waals surface area contributed by atoms with Crippen molar-refractivity contribution in [2.75, 3.05) is 33.4 Å². The maximum absolute atomic E-state index is 12.3. The third kappa shape index (κ3) is 6.22. The van der Waals surface area contributed by atoms with Gasteiger partial charge < -0.3 is 14.6 Å². The third-order valence-corrected chi connectivity index (χ3v) is 8.57. The van der Waals surface area contributed by atoms with E-state index in [4.69, 9.17) is 13.7 Å². The number of benzene rings is 2. The molecular formula is C28H39NO6S. The summed E-state index contributed by atoms with van der Waals surface area (Å²) in [5.41, 5.74) is 3.42. The van der Waals surface area contributed by atoms with Gasteiger partial charge in [0.2, 0.25) is 0 Å². The molecule has 8 heteroatoms. The van der Waals surface area contributed by atoms with Crippen LogP contribution < -0.4 is 9.47 Å². The molecule has 3 atom stereocenters. The molecule has 0 bridgehead atoms. The first-order valence-electron chi connectivity index (χ1n) is 12.9. The van der Waals surface area contributed by atoms with Gasteiger partial charge in [0.25, 0.3) is 10.1 Å². The van der Waals surface area contributed by atoms with E-state index in [2.05, 4.69) is 24.8 Å². The lowest BCUT2D eigenvalue weighted by atomic mass is 9.79. The van der Waals surface area contributed by atoms with E-state index < -0.39 is 10.1 Å². The molecule has 3 unspecified atom stereocenters. The van der Waals surface area contributed by atoms with E-state index in [1.165, 1.54) is 11.1 Å². The van der Waals surface area contributed by atoms with Crippen LogP contribution in [0.2, 0.25) is 0 Å². The molecule has 7 nitrogen and oxygen atoms in total. The zero-order valence-corrected chi connectivity index (χ0v) is 22.6. The number of hydrogen-bond acceptors (Lipinski definition) is 7. The van der Waals surface area contributed by atoms with E-state index in [1.54, 1.807) is 31.4 Å². The molecule has 198 valence electrons. The van der Waals surface area contributed by atoms with Gasteiger partial charge in [0, 0.05) is 25.6 Å². The molecule has 2 aliphatic rings. The first kappa shape index (κ1) is 26.9. The van der Waals surface area contributed by atoms with Crippen molar-refractivity contribution >= 4 is 10.1 Å². The van der Waals surface area contributed by atoms with Gasteiger partial charge in [-0.1, -0.05) is 31.5 Å². The first-order valence-corrected chi connectivity index (χ1v) is 14.3. The number of methoxy groups -OCH3 is 1. The van der Waals surface area contributed by atoms with Crippen molar-refractivity contribution in [1.29, 1.82) is 0 Å². The number of hydrogen-bond donors (Lipinski definition) is 1. The lowest BCUT2D eigenvalue weighted by Gasteiger charge is -2.46. The monoisotopic (exact) mass is 517 g/mol. The summed E-state index contributed by atoms with van der Waals surface area (Å²) in [6.07, 6.45) is 2.83. The van der Waals surface area contributed by atoms with E-state index in [-0.39, 0.29) is 23.6 Å². The lowest BCUT2D eigenvalue weighted by molar-refractivity contribution is -0.0191. The second-order valence-corrected chi connectivity index (χ2v) is 12.1. The Hall–Kier alpha value is -2.13. The topological polar surface area (TPSA) is 85.3 Å². The molecule has 0 aromatic heterocycles. The zero-order chi connectivity index (χ0) is 25.9. The summed E-state index contributed by atoms with van der Waals surface area (Å²) < 4.78 is 41.5. The van der Waals surface area contributed by atoms with Crippen LogP contribution in [0.15, 0.2) is 41.3 Å². The number of rotatable bonds is 10. The van der Waals surface area contributed by atoms with Crippen LogP contribution >= 0.6 is 0 Å². The second kappa shape index (κ2) is 11.5. The highest BCUT2D eigenvalue weighted by molar-refractivity contribution is 7.86. The summed E-state index contributed by atoms with van der Waals surface area (Å²) in [6.45, 7) is 8.57. The molecule has 0 radical (unpaired) electrons. The van der Waals surface area contributed by atoms with Crippen molar-refractivity contribution in [2.24, 2.45) is 11.8 Å². The van der Waals surface area contributed by atoms with Gasteiger partial charge in [0.05, 0.1) is 31.3 Å². The fourth-order valence-electron chi connectivity index (χ4n) is 5.39. The fraction of sp³-hybridized carbons (Fsp3) is 0.571. The van der Waals surface area contributed by atoms with Gasteiger partial charge in [-0.2, -0.15) is 8.42 Å². The predicted octanol–water partition coefficient (Wildman–Crippen LogP) is 4.50. The average Bonchev–Trinajstić information content (AvgIpc) is 2.83. The summed E-state index contributed by atoms with van der Waals surface area (Å²) in [4.78, 5) is 2.66. The Morgan fingerprint density at radius 3 is 2.56 bits per heavy atom. The third-order valence-electron chi connectivity index (χ3n) is 7.24. The molecule has 1 fully saturated rings. The molecule has 1 N–H and O–H groups in total. The highest BCUT2D eigenvalue weighted by Gasteiger charge is 2.38. The van der Waals surface area contributed by atoms with Crippen molar-refractivity contribution in [3.63, 3.8) is 0 Å². The van der Waals surface area contributed by atoms with Crippen LogP contribution in [-0.2, 0) is 20.7 Å². The molecule has 1 saturated heterocycles. The minimum absolute atomic E-state index is 0.0376. The summed E-state index contributed by atoms with van der Waals surface area (Å²) >= 11 is 0. The quantitative estimate of drug-likeness (QED) is 0.367. The normalized spacial score (nSPS) is 22.2. The van der Waals surface area contributed by atoms with E-state index in [9.17, 15) is 13.5 Å². The average molecular weight is 518 g/mol. The summed E-state index contributed by atoms with van der Waals surface area (Å²) in [5.74, 6) is 2.21. The van der Waals surface area contributed by atoms with E-state index in [0.29, 0.717) is 36.4 Å². The maximum atomic E-state index is 12.3. The smallest absolute Gasteiger partial charge is 0.296 e. The number of aryl methyl sites for hydroxylation is 1. The summed E-state index contributed by atoms with van der Waals surface area (Å²) in [6, 6.07) is 10.9. The van der Waals surface area contributed by atoms with E-state index in [1.807, 2.05) is 13.0 Å². The highest BCUT2D eigenvalue weighted by Crippen LogP contribution is 2.43. The van der Waals surface area contributed by atoms with Crippen LogP contribution in [0.1, 0.15) is 55.8 Å². The number of fused-ring (bicyclic) bond motifs is 3. The Bertz CT molecular complexity index is 1130. The van der Waals surface area contributed by atoms with Gasteiger partial charge >= 0.3 is 0 Å². The molecule has 0 saturated carbocycles. The SMILES string of the molecule is COc1cc2c(cc1OCCCOS(=O)(=O)c1ccc(C)cc1)CCN1CC(CC(C)C)C(O)CC21. The van der Waals surface area contributed by atoms with Crippen LogP contribution in [0, 0.1) is 18.8 Å². The van der Waals surface area contributed by atoms with Gasteiger partial charge in [-0.15, -0.1) is 0 Å². The minimum Gasteiger partial charge on any atom is -0.493 e. The van der Waals surface area contributed by atoms with E-state index in [0.717, 1.165) is 37.9 Å². The van der Waals surface area contributed by atoms with E-state index >= 15 is 0 Å². The fourth-order valence-corrected chi connectivity index (χ4v) is 6.33. The van der Waals surface area contributed by atoms with Crippen molar-refractivity contribution in [1.82, 2.24) is 4.90 Å². The van der Waals surface area contributed by atoms with Crippen LogP contribution in [0.3, 0.4) is 0 Å². The van der Waals surface area contributed by atoms with Gasteiger partial charge in [0.1, 0.15) is 0 Å². The molecule has 0 aliphatic carbocycles. The Labute approximate surface area is 215 Å². The molecule has 4 rings (SSSR count). The molecular weight excluding hydrogens is 478 g/mol. The van der Waals surface area contributed by atoms with Crippen LogP contribution in [-0.4, -0.2) is 57.9 Å². The van der Waals surface area contributed by atoms with Gasteiger partial charge in [-0.25, -0.2) is 0 Å². The summed E-state index contributed by atoms with van der Waals surface area (Å²) in [7, 11) is -2.15. The molecule has 0 amide bonds. The van der Waals surface area contributed by atoms with Crippen LogP contribution in [0.25, 0.3) is 0 Å². The van der Waals surface area contributed by atoms with Crippen molar-refractivity contribution in [3.05, 3.63) is 53.1 Å². The van der Waals surface area contributed by atoms with Crippen molar-refractivity contribution < 1.29 is 27.2 Å². The van der Waals surface area contributed by atoms with Gasteiger partial charge in [-0.3, -0.25) is 9.08 Å². The lowest BCUT2D eigenvalue weighted by Crippen LogP contribution is -2.48. The number of ether oxygens (including phenoxy) is 2. The summed E-state index contributed by atoms with van der Waals surface area (Å²) in [5, 5.41) is 10.8. The molecule has 2 heterocycles. The number of aliphatic hydroxyl groups excluding tert-OH is 1. The Kier molecular flexibility index (Phi) is 8.60. The van der Waals surface area contributed by atoms with Gasteiger partial charge in [-0.05, 0) is 73.4 Å². The Morgan fingerprint density at radius 2 is 1.86 bits per heavy atom. The van der Waals surface area contributed by atoms with Crippen molar-refractivity contribution in [2.45, 2.75) is 63.5 Å². The first-order chi connectivity index (χ1) is 17.2. The Morgan fingerprint density at radius 1 is 1.11 bits per heavy atom. The largest absolute Gasteiger partial charge is 0.493 e. The molecule has 2 aromatic rings. The molecule has 36 heavy (non-hydrogen) atoms. The zero-order valence-electron chi connectivity index (χ0n) is 21.8. The molecule has 2 aliphatic heterocycles. The minimum atomic E-state index is -3.78. The van der Waals surface area contributed by atoms with Crippen molar-refractivity contribution in [3.8, 4) is 11.5 Å².